The molecule has 0 aliphatic rings. The number of nitrogens with zero attached hydrogens (tertiary/aromatic N) is 1. The summed E-state index contributed by atoms with van der Waals surface area (Å²) in [4.78, 5) is 16.8. The summed E-state index contributed by atoms with van der Waals surface area (Å²) in [6, 6.07) is 8.91. The van der Waals surface area contributed by atoms with E-state index in [-0.39, 0.29) is 12.1 Å². The first-order valence-electron chi connectivity index (χ1n) is 7.42. The Morgan fingerprint density at radius 1 is 1.08 bits per heavy atom. The third kappa shape index (κ3) is 3.79. The first-order valence-corrected chi connectivity index (χ1v) is 9.18. The first kappa shape index (κ1) is 18.6. The van der Waals surface area contributed by atoms with E-state index < -0.39 is 23.4 Å². The Labute approximate surface area is 155 Å². The quantitative estimate of drug-likeness (QED) is 0.686. The van der Waals surface area contributed by atoms with Gasteiger partial charge in [0.25, 0.3) is 5.91 Å². The molecule has 3 rings (SSSR count). The fourth-order valence-electron chi connectivity index (χ4n) is 2.33. The van der Waals surface area contributed by atoms with Gasteiger partial charge in [0.1, 0.15) is 11.3 Å². The van der Waals surface area contributed by atoms with Gasteiger partial charge in [0.15, 0.2) is 0 Å². The third-order valence-corrected chi connectivity index (χ3v) is 5.72. The number of thiophene rings is 2. The van der Waals surface area contributed by atoms with Gasteiger partial charge in [0.05, 0.1) is 12.1 Å². The molecule has 3 heterocycles. The number of hydrogen-bond donors (Lipinski definition) is 2. The molecule has 26 heavy (non-hydrogen) atoms. The number of halogens is 3. The van der Waals surface area contributed by atoms with Gasteiger partial charge in [-0.1, -0.05) is 12.1 Å². The lowest BCUT2D eigenvalue weighted by atomic mass is 9.99. The maximum absolute atomic E-state index is 12.5. The van der Waals surface area contributed by atoms with E-state index in [9.17, 15) is 23.1 Å². The van der Waals surface area contributed by atoms with Crippen molar-refractivity contribution in [2.75, 3.05) is 6.54 Å². The molecule has 4 nitrogen and oxygen atoms in total. The smallest absolute Gasteiger partial charge is 0.377 e. The molecule has 136 valence electrons. The molecular weight excluding hydrogens is 385 g/mol. The molecule has 0 aliphatic carbocycles. The molecule has 0 saturated heterocycles. The molecule has 0 saturated carbocycles. The highest BCUT2D eigenvalue weighted by atomic mass is 32.1. The maximum Gasteiger partial charge on any atom is 0.433 e. The van der Waals surface area contributed by atoms with Crippen LogP contribution in [0.1, 0.15) is 25.8 Å². The van der Waals surface area contributed by atoms with E-state index in [0.29, 0.717) is 9.75 Å². The monoisotopic (exact) mass is 398 g/mol. The van der Waals surface area contributed by atoms with E-state index in [1.807, 2.05) is 10.8 Å². The van der Waals surface area contributed by atoms with Gasteiger partial charge in [-0.05, 0) is 35.0 Å². The summed E-state index contributed by atoms with van der Waals surface area (Å²) in [6.07, 6.45) is -3.69. The summed E-state index contributed by atoms with van der Waals surface area (Å²) < 4.78 is 37.6. The molecule has 0 bridgehead atoms. The van der Waals surface area contributed by atoms with E-state index in [2.05, 4.69) is 10.3 Å². The largest absolute Gasteiger partial charge is 0.433 e. The zero-order valence-corrected chi connectivity index (χ0v) is 14.8. The number of aliphatic hydroxyl groups is 1. The highest BCUT2D eigenvalue weighted by molar-refractivity contribution is 7.11. The van der Waals surface area contributed by atoms with Crippen molar-refractivity contribution in [3.05, 3.63) is 74.4 Å². The molecule has 0 aromatic carbocycles. The number of alkyl halides is 3. The summed E-state index contributed by atoms with van der Waals surface area (Å²) in [7, 11) is 0. The Morgan fingerprint density at radius 2 is 1.69 bits per heavy atom. The van der Waals surface area contributed by atoms with Crippen LogP contribution in [0.2, 0.25) is 0 Å². The summed E-state index contributed by atoms with van der Waals surface area (Å²) >= 11 is 2.70. The van der Waals surface area contributed by atoms with Crippen LogP contribution in [0.25, 0.3) is 0 Å². The van der Waals surface area contributed by atoms with Crippen molar-refractivity contribution in [1.29, 1.82) is 0 Å². The van der Waals surface area contributed by atoms with Crippen LogP contribution in [0.3, 0.4) is 0 Å². The zero-order chi connectivity index (χ0) is 18.8. The summed E-state index contributed by atoms with van der Waals surface area (Å²) in [5.74, 6) is -0.613. The van der Waals surface area contributed by atoms with Crippen LogP contribution in [-0.2, 0) is 11.8 Å². The molecule has 0 fully saturated rings. The van der Waals surface area contributed by atoms with Gasteiger partial charge in [-0.3, -0.25) is 9.78 Å². The third-order valence-electron chi connectivity index (χ3n) is 3.68. The second-order valence-corrected chi connectivity index (χ2v) is 7.32. The van der Waals surface area contributed by atoms with Crippen molar-refractivity contribution < 1.29 is 23.1 Å². The lowest BCUT2D eigenvalue weighted by Crippen LogP contribution is -2.40. The lowest BCUT2D eigenvalue weighted by molar-refractivity contribution is -0.141. The predicted molar refractivity (Wildman–Crippen MR) is 93.2 cm³/mol. The number of carbonyl (C=O) groups excluding carboxylic acids is 1. The molecule has 3 aromatic rings. The van der Waals surface area contributed by atoms with Crippen molar-refractivity contribution in [1.82, 2.24) is 10.3 Å². The number of carbonyl (C=O) groups is 1. The van der Waals surface area contributed by atoms with Gasteiger partial charge in [0.2, 0.25) is 0 Å². The second-order valence-electron chi connectivity index (χ2n) is 5.43. The predicted octanol–water partition coefficient (Wildman–Crippen LogP) is 3.89. The highest BCUT2D eigenvalue weighted by Gasteiger charge is 2.35. The standard InChI is InChI=1S/C17H13F3N2O2S2/c18-17(19,20)12-6-5-11(9-21-12)15(23)22-10-16(24,13-3-1-7-25-13)14-4-2-8-26-14/h1-9,24H,10H2,(H,22,23). The van der Waals surface area contributed by atoms with Gasteiger partial charge in [-0.25, -0.2) is 0 Å². The molecule has 9 heteroatoms. The summed E-state index contributed by atoms with van der Waals surface area (Å²) in [6.45, 7) is -0.117. The first-order chi connectivity index (χ1) is 12.3. The van der Waals surface area contributed by atoms with Crippen molar-refractivity contribution in [3.63, 3.8) is 0 Å². The number of pyridine rings is 1. The van der Waals surface area contributed by atoms with Gasteiger partial charge in [-0.2, -0.15) is 13.2 Å². The van der Waals surface area contributed by atoms with E-state index in [1.54, 1.807) is 24.3 Å². The highest BCUT2D eigenvalue weighted by Crippen LogP contribution is 2.35. The number of rotatable bonds is 5. The van der Waals surface area contributed by atoms with Gasteiger partial charge in [0, 0.05) is 16.0 Å². The normalized spacial score (nSPS) is 12.2. The average Bonchev–Trinajstić information content (AvgIpc) is 3.32. The van der Waals surface area contributed by atoms with E-state index in [0.717, 1.165) is 18.3 Å². The Bertz CT molecular complexity index is 826. The molecular formula is C17H13F3N2O2S2. The van der Waals surface area contributed by atoms with Crippen molar-refractivity contribution in [2.45, 2.75) is 11.8 Å². The number of amides is 1. The Morgan fingerprint density at radius 3 is 2.12 bits per heavy atom. The van der Waals surface area contributed by atoms with Crippen molar-refractivity contribution in [3.8, 4) is 0 Å². The van der Waals surface area contributed by atoms with Gasteiger partial charge >= 0.3 is 6.18 Å². The molecule has 3 aromatic heterocycles. The maximum atomic E-state index is 12.5. The van der Waals surface area contributed by atoms with Crippen LogP contribution in [0.4, 0.5) is 13.2 Å². The molecule has 0 unspecified atom stereocenters. The van der Waals surface area contributed by atoms with Crippen molar-refractivity contribution >= 4 is 28.6 Å². The van der Waals surface area contributed by atoms with Crippen LogP contribution < -0.4 is 5.32 Å². The second kappa shape index (κ2) is 7.18. The van der Waals surface area contributed by atoms with E-state index in [4.69, 9.17) is 0 Å². The minimum absolute atomic E-state index is 0.0160. The van der Waals surface area contributed by atoms with Crippen LogP contribution in [0, 0.1) is 0 Å². The molecule has 0 radical (unpaired) electrons. The molecule has 0 spiro atoms. The molecule has 0 aliphatic heterocycles. The Balaban J connectivity index is 1.76. The Kier molecular flexibility index (Phi) is 5.12. The lowest BCUT2D eigenvalue weighted by Gasteiger charge is -2.26. The van der Waals surface area contributed by atoms with Crippen LogP contribution in [-0.4, -0.2) is 22.5 Å². The fraction of sp³-hybridized carbons (Fsp3) is 0.176. The molecule has 1 amide bonds. The van der Waals surface area contributed by atoms with E-state index >= 15 is 0 Å². The fourth-order valence-corrected chi connectivity index (χ4v) is 4.07. The number of hydrogen-bond acceptors (Lipinski definition) is 5. The van der Waals surface area contributed by atoms with Gasteiger partial charge < -0.3 is 10.4 Å². The van der Waals surface area contributed by atoms with Crippen molar-refractivity contribution in [2.24, 2.45) is 0 Å². The summed E-state index contributed by atoms with van der Waals surface area (Å²) in [5.41, 5.74) is -2.49. The zero-order valence-electron chi connectivity index (χ0n) is 13.2. The number of aromatic nitrogens is 1. The van der Waals surface area contributed by atoms with E-state index in [1.165, 1.54) is 22.7 Å². The number of nitrogens with one attached hydrogen (secondary N) is 1. The SMILES string of the molecule is O=C(NCC(O)(c1cccs1)c1cccs1)c1ccc(C(F)(F)F)nc1. The molecule has 2 N–H and O–H groups in total. The average molecular weight is 398 g/mol. The summed E-state index contributed by atoms with van der Waals surface area (Å²) in [5, 5.41) is 17.3. The van der Waals surface area contributed by atoms with Crippen LogP contribution in [0.5, 0.6) is 0 Å². The van der Waals surface area contributed by atoms with Gasteiger partial charge in [-0.15, -0.1) is 22.7 Å². The van der Waals surface area contributed by atoms with Crippen LogP contribution >= 0.6 is 22.7 Å². The topological polar surface area (TPSA) is 62.2 Å². The minimum Gasteiger partial charge on any atom is -0.377 e. The Hall–Kier alpha value is -2.23. The minimum atomic E-state index is -4.56. The van der Waals surface area contributed by atoms with Crippen LogP contribution in [0.15, 0.2) is 53.4 Å². The molecule has 0 atom stereocenters.